The minimum Gasteiger partial charge on any atom is -0.466 e. The lowest BCUT2D eigenvalue weighted by Gasteiger charge is -2.20. The van der Waals surface area contributed by atoms with Crippen molar-refractivity contribution in [3.63, 3.8) is 0 Å². The Kier molecular flexibility index (Phi) is 60.9. The molecular weight excluding hydrogens is 887 g/mol. The number of hydrogen-bond acceptors (Lipinski definition) is 5. The maximum absolute atomic E-state index is 12.5. The molecule has 6 heteroatoms. The molecule has 0 fully saturated rings. The number of rotatable bonds is 62. The summed E-state index contributed by atoms with van der Waals surface area (Å²) in [6.07, 6.45) is 75.6. The molecule has 0 aliphatic heterocycles. The SMILES string of the molecule is CCCCCCCCCCCCCCCCCC/C=C/C(O)C(CO)NC(=O)CCCCCCCCCCCCCCCCCCCCCCCCCCCCOC(=O)CCCCCCCCCCCCC. The summed E-state index contributed by atoms with van der Waals surface area (Å²) < 4.78 is 5.47. The quantitative estimate of drug-likeness (QED) is 0.0320. The van der Waals surface area contributed by atoms with Gasteiger partial charge in [-0.2, -0.15) is 0 Å². The Morgan fingerprint density at radius 1 is 0.375 bits per heavy atom. The highest BCUT2D eigenvalue weighted by Gasteiger charge is 2.18. The topological polar surface area (TPSA) is 95.9 Å². The zero-order chi connectivity index (χ0) is 52.2. The lowest BCUT2D eigenvalue weighted by atomic mass is 10.0. The van der Waals surface area contributed by atoms with E-state index in [1.54, 1.807) is 6.08 Å². The van der Waals surface area contributed by atoms with Crippen molar-refractivity contribution >= 4 is 11.9 Å². The van der Waals surface area contributed by atoms with E-state index in [2.05, 4.69) is 19.2 Å². The van der Waals surface area contributed by atoms with Gasteiger partial charge in [0.15, 0.2) is 0 Å². The van der Waals surface area contributed by atoms with Crippen molar-refractivity contribution in [2.75, 3.05) is 13.2 Å². The van der Waals surface area contributed by atoms with Crippen LogP contribution in [0.3, 0.4) is 0 Å². The van der Waals surface area contributed by atoms with Crippen molar-refractivity contribution < 1.29 is 24.5 Å². The Morgan fingerprint density at radius 2 is 0.639 bits per heavy atom. The van der Waals surface area contributed by atoms with E-state index in [9.17, 15) is 19.8 Å². The van der Waals surface area contributed by atoms with Crippen LogP contribution in [0.15, 0.2) is 12.2 Å². The lowest BCUT2D eigenvalue weighted by molar-refractivity contribution is -0.143. The number of esters is 1. The van der Waals surface area contributed by atoms with Gasteiger partial charge in [-0.25, -0.2) is 0 Å². The van der Waals surface area contributed by atoms with Crippen molar-refractivity contribution in [1.29, 1.82) is 0 Å². The molecule has 2 unspecified atom stereocenters. The van der Waals surface area contributed by atoms with E-state index >= 15 is 0 Å². The molecule has 6 nitrogen and oxygen atoms in total. The largest absolute Gasteiger partial charge is 0.466 e. The molecule has 0 spiro atoms. The van der Waals surface area contributed by atoms with Crippen LogP contribution >= 0.6 is 0 Å². The van der Waals surface area contributed by atoms with Crippen molar-refractivity contribution in [2.45, 2.75) is 386 Å². The van der Waals surface area contributed by atoms with Crippen LogP contribution in [-0.2, 0) is 14.3 Å². The fraction of sp³-hybridized carbons (Fsp3) is 0.939. The van der Waals surface area contributed by atoms with Gasteiger partial charge in [0.1, 0.15) is 0 Å². The molecule has 0 bridgehead atoms. The number of hydrogen-bond donors (Lipinski definition) is 3. The van der Waals surface area contributed by atoms with E-state index in [1.165, 1.54) is 308 Å². The Bertz CT molecular complexity index is 1080. The summed E-state index contributed by atoms with van der Waals surface area (Å²) in [5.74, 6) is -0.0449. The molecule has 0 aliphatic carbocycles. The monoisotopic (exact) mass is 1020 g/mol. The van der Waals surface area contributed by atoms with E-state index in [0.717, 1.165) is 38.5 Å². The highest BCUT2D eigenvalue weighted by molar-refractivity contribution is 5.76. The minimum absolute atomic E-state index is 0.0173. The third kappa shape index (κ3) is 57.9. The number of amides is 1. The average Bonchev–Trinajstić information content (AvgIpc) is 3.38. The molecule has 0 saturated carbocycles. The van der Waals surface area contributed by atoms with Gasteiger partial charge in [-0.05, 0) is 32.1 Å². The second-order valence-corrected chi connectivity index (χ2v) is 22.8. The molecule has 0 aromatic rings. The van der Waals surface area contributed by atoms with Gasteiger partial charge in [-0.3, -0.25) is 9.59 Å². The number of allylic oxidation sites excluding steroid dienone is 1. The molecule has 72 heavy (non-hydrogen) atoms. The van der Waals surface area contributed by atoms with Crippen LogP contribution < -0.4 is 5.32 Å². The summed E-state index contributed by atoms with van der Waals surface area (Å²) in [4.78, 5) is 24.5. The van der Waals surface area contributed by atoms with Gasteiger partial charge in [0.25, 0.3) is 0 Å². The summed E-state index contributed by atoms with van der Waals surface area (Å²) in [6.45, 7) is 4.94. The molecule has 0 rings (SSSR count). The molecule has 3 N–H and O–H groups in total. The molecule has 428 valence electrons. The van der Waals surface area contributed by atoms with Gasteiger partial charge < -0.3 is 20.3 Å². The number of ether oxygens (including phenoxy) is 1. The Labute approximate surface area is 450 Å². The maximum Gasteiger partial charge on any atom is 0.305 e. The molecule has 1 amide bonds. The number of aliphatic hydroxyl groups is 2. The first-order chi connectivity index (χ1) is 35.5. The molecule has 0 radical (unpaired) electrons. The van der Waals surface area contributed by atoms with E-state index in [-0.39, 0.29) is 18.5 Å². The normalized spacial score (nSPS) is 12.6. The smallest absolute Gasteiger partial charge is 0.305 e. The lowest BCUT2D eigenvalue weighted by Crippen LogP contribution is -2.45. The van der Waals surface area contributed by atoms with Crippen LogP contribution in [0.4, 0.5) is 0 Å². The van der Waals surface area contributed by atoms with Gasteiger partial charge in [0, 0.05) is 12.8 Å². The van der Waals surface area contributed by atoms with Crippen molar-refractivity contribution in [3.05, 3.63) is 12.2 Å². The molecule has 2 atom stereocenters. The number of nitrogens with one attached hydrogen (secondary N) is 1. The van der Waals surface area contributed by atoms with Gasteiger partial charge in [-0.15, -0.1) is 0 Å². The highest BCUT2D eigenvalue weighted by Crippen LogP contribution is 2.19. The number of carbonyl (C=O) groups is 2. The fourth-order valence-electron chi connectivity index (χ4n) is 10.5. The minimum atomic E-state index is -0.842. The van der Waals surface area contributed by atoms with Crippen LogP contribution in [0.25, 0.3) is 0 Å². The summed E-state index contributed by atoms with van der Waals surface area (Å²) in [5, 5.41) is 23.2. The highest BCUT2D eigenvalue weighted by atomic mass is 16.5. The van der Waals surface area contributed by atoms with Crippen LogP contribution in [0.5, 0.6) is 0 Å². The second-order valence-electron chi connectivity index (χ2n) is 22.8. The van der Waals surface area contributed by atoms with E-state index < -0.39 is 12.1 Å². The fourth-order valence-corrected chi connectivity index (χ4v) is 10.5. The summed E-state index contributed by atoms with van der Waals surface area (Å²) >= 11 is 0. The first-order valence-corrected chi connectivity index (χ1v) is 33.0. The summed E-state index contributed by atoms with van der Waals surface area (Å²) in [7, 11) is 0. The number of aliphatic hydroxyl groups excluding tert-OH is 2. The third-order valence-corrected chi connectivity index (χ3v) is 15.6. The number of carbonyl (C=O) groups excluding carboxylic acids is 2. The van der Waals surface area contributed by atoms with Gasteiger partial charge in [0.2, 0.25) is 5.91 Å². The standard InChI is InChI=1S/C66H129NO5/c1-3-5-7-9-11-13-15-16-17-18-29-32-35-39-42-46-50-54-58-64(69)63(62-68)67-65(70)59-55-51-47-43-40-36-33-30-27-25-23-21-19-20-22-24-26-28-31-34-37-41-45-49-53-57-61-72-66(71)60-56-52-48-44-38-14-12-10-8-6-4-2/h54,58,63-64,68-69H,3-53,55-57,59-62H2,1-2H3,(H,67,70)/b58-54+. The molecule has 0 aromatic heterocycles. The van der Waals surface area contributed by atoms with Crippen molar-refractivity contribution in [1.82, 2.24) is 5.32 Å². The van der Waals surface area contributed by atoms with E-state index in [4.69, 9.17) is 4.74 Å². The Hall–Kier alpha value is -1.40. The molecular formula is C66H129NO5. The van der Waals surface area contributed by atoms with Crippen molar-refractivity contribution in [2.24, 2.45) is 0 Å². The van der Waals surface area contributed by atoms with Gasteiger partial charge in [-0.1, -0.05) is 341 Å². The van der Waals surface area contributed by atoms with Gasteiger partial charge >= 0.3 is 5.97 Å². The second kappa shape index (κ2) is 62.1. The molecule has 0 saturated heterocycles. The molecule has 0 aromatic carbocycles. The van der Waals surface area contributed by atoms with E-state index in [1.807, 2.05) is 6.08 Å². The maximum atomic E-state index is 12.5. The van der Waals surface area contributed by atoms with Crippen LogP contribution in [0, 0.1) is 0 Å². The zero-order valence-electron chi connectivity index (χ0n) is 48.9. The predicted molar refractivity (Wildman–Crippen MR) is 315 cm³/mol. The molecule has 0 aliphatic rings. The first kappa shape index (κ1) is 70.6. The molecule has 0 heterocycles. The predicted octanol–water partition coefficient (Wildman–Crippen LogP) is 20.8. The van der Waals surface area contributed by atoms with Crippen LogP contribution in [-0.4, -0.2) is 47.4 Å². The van der Waals surface area contributed by atoms with E-state index in [0.29, 0.717) is 19.4 Å². The third-order valence-electron chi connectivity index (χ3n) is 15.6. The van der Waals surface area contributed by atoms with Crippen LogP contribution in [0.1, 0.15) is 373 Å². The number of unbranched alkanes of at least 4 members (excludes halogenated alkanes) is 51. The average molecular weight is 1020 g/mol. The van der Waals surface area contributed by atoms with Crippen LogP contribution in [0.2, 0.25) is 0 Å². The van der Waals surface area contributed by atoms with Gasteiger partial charge in [0.05, 0.1) is 25.4 Å². The first-order valence-electron chi connectivity index (χ1n) is 33.0. The Balaban J connectivity index is 3.38. The summed E-state index contributed by atoms with van der Waals surface area (Å²) in [5.41, 5.74) is 0. The van der Waals surface area contributed by atoms with Crippen molar-refractivity contribution in [3.8, 4) is 0 Å². The summed E-state index contributed by atoms with van der Waals surface area (Å²) in [6, 6.07) is -0.625. The zero-order valence-corrected chi connectivity index (χ0v) is 48.9. The Morgan fingerprint density at radius 3 is 0.944 bits per heavy atom.